The standard InChI is InChI=1S/C12H14BrNO/c1-9(2)12(7-14-8-15)10-3-5-11(13)6-4-10/h3-6,9,12H,7H2,1-2H3. The van der Waals surface area contributed by atoms with Crippen LogP contribution in [0.15, 0.2) is 33.7 Å². The Morgan fingerprint density at radius 2 is 1.93 bits per heavy atom. The van der Waals surface area contributed by atoms with Crippen LogP contribution in [0.3, 0.4) is 0 Å². The van der Waals surface area contributed by atoms with E-state index in [1.54, 1.807) is 6.08 Å². The summed E-state index contributed by atoms with van der Waals surface area (Å²) in [6, 6.07) is 8.15. The molecule has 0 bridgehead atoms. The minimum Gasteiger partial charge on any atom is -0.211 e. The molecule has 2 nitrogen and oxygen atoms in total. The number of hydrogen-bond donors (Lipinski definition) is 0. The lowest BCUT2D eigenvalue weighted by Gasteiger charge is -2.18. The van der Waals surface area contributed by atoms with Gasteiger partial charge in [0, 0.05) is 10.4 Å². The van der Waals surface area contributed by atoms with E-state index in [0.717, 1.165) is 4.47 Å². The summed E-state index contributed by atoms with van der Waals surface area (Å²) in [4.78, 5) is 13.8. The Hall–Kier alpha value is -0.920. The van der Waals surface area contributed by atoms with Gasteiger partial charge in [0.15, 0.2) is 0 Å². The van der Waals surface area contributed by atoms with Crippen molar-refractivity contribution in [1.82, 2.24) is 0 Å². The molecule has 0 radical (unpaired) electrons. The van der Waals surface area contributed by atoms with Gasteiger partial charge < -0.3 is 0 Å². The highest BCUT2D eigenvalue weighted by Gasteiger charge is 2.14. The predicted molar refractivity (Wildman–Crippen MR) is 64.7 cm³/mol. The molecule has 1 rings (SSSR count). The highest BCUT2D eigenvalue weighted by atomic mass is 79.9. The summed E-state index contributed by atoms with van der Waals surface area (Å²) in [6.07, 6.45) is 1.60. The SMILES string of the molecule is CC(C)C(CN=C=O)c1ccc(Br)cc1. The van der Waals surface area contributed by atoms with Crippen LogP contribution in [0.1, 0.15) is 25.3 Å². The van der Waals surface area contributed by atoms with Crippen LogP contribution >= 0.6 is 15.9 Å². The summed E-state index contributed by atoms with van der Waals surface area (Å²) in [5.74, 6) is 0.753. The molecule has 15 heavy (non-hydrogen) atoms. The second-order valence-corrected chi connectivity index (χ2v) is 4.75. The average molecular weight is 268 g/mol. The van der Waals surface area contributed by atoms with Crippen molar-refractivity contribution >= 4 is 22.0 Å². The average Bonchev–Trinajstić information content (AvgIpc) is 2.21. The maximum Gasteiger partial charge on any atom is 0.234 e. The number of halogens is 1. The normalized spacial score (nSPS) is 12.3. The van der Waals surface area contributed by atoms with Gasteiger partial charge in [-0.2, -0.15) is 0 Å². The second kappa shape index (κ2) is 5.84. The van der Waals surface area contributed by atoms with E-state index in [0.29, 0.717) is 18.4 Å². The van der Waals surface area contributed by atoms with Crippen LogP contribution < -0.4 is 0 Å². The molecule has 0 aromatic heterocycles. The fourth-order valence-electron chi connectivity index (χ4n) is 1.55. The Morgan fingerprint density at radius 3 is 2.40 bits per heavy atom. The monoisotopic (exact) mass is 267 g/mol. The molecule has 80 valence electrons. The molecule has 0 aliphatic carbocycles. The van der Waals surface area contributed by atoms with E-state index in [4.69, 9.17) is 0 Å². The molecule has 0 saturated carbocycles. The van der Waals surface area contributed by atoms with Crippen molar-refractivity contribution in [2.75, 3.05) is 6.54 Å². The van der Waals surface area contributed by atoms with Crippen molar-refractivity contribution in [3.8, 4) is 0 Å². The van der Waals surface area contributed by atoms with E-state index in [-0.39, 0.29) is 0 Å². The van der Waals surface area contributed by atoms with Crippen LogP contribution in [0.5, 0.6) is 0 Å². The molecule has 0 spiro atoms. The Labute approximate surface area is 98.5 Å². The van der Waals surface area contributed by atoms with Crippen LogP contribution in [0.2, 0.25) is 0 Å². The van der Waals surface area contributed by atoms with Gasteiger partial charge in [0.1, 0.15) is 0 Å². The molecule has 1 aromatic rings. The highest BCUT2D eigenvalue weighted by molar-refractivity contribution is 9.10. The van der Waals surface area contributed by atoms with Crippen LogP contribution in [-0.4, -0.2) is 12.6 Å². The summed E-state index contributed by atoms with van der Waals surface area (Å²) >= 11 is 3.40. The molecule has 3 heteroatoms. The van der Waals surface area contributed by atoms with Gasteiger partial charge in [0.25, 0.3) is 0 Å². The van der Waals surface area contributed by atoms with Crippen molar-refractivity contribution in [3.63, 3.8) is 0 Å². The molecule has 1 unspecified atom stereocenters. The van der Waals surface area contributed by atoms with E-state index in [9.17, 15) is 4.79 Å². The van der Waals surface area contributed by atoms with Crippen molar-refractivity contribution in [2.24, 2.45) is 10.9 Å². The summed E-state index contributed by atoms with van der Waals surface area (Å²) < 4.78 is 1.06. The fourth-order valence-corrected chi connectivity index (χ4v) is 1.81. The Morgan fingerprint density at radius 1 is 1.33 bits per heavy atom. The minimum absolute atomic E-state index is 0.291. The topological polar surface area (TPSA) is 29.4 Å². The third-order valence-electron chi connectivity index (χ3n) is 2.46. The third kappa shape index (κ3) is 3.61. The number of hydrogen-bond acceptors (Lipinski definition) is 2. The zero-order valence-corrected chi connectivity index (χ0v) is 10.5. The number of rotatable bonds is 4. The van der Waals surface area contributed by atoms with Crippen molar-refractivity contribution in [1.29, 1.82) is 0 Å². The van der Waals surface area contributed by atoms with Crippen LogP contribution in [0.4, 0.5) is 0 Å². The number of carbonyl (C=O) groups excluding carboxylic acids is 1. The van der Waals surface area contributed by atoms with E-state index >= 15 is 0 Å². The summed E-state index contributed by atoms with van der Waals surface area (Å²) in [5.41, 5.74) is 1.22. The van der Waals surface area contributed by atoms with E-state index < -0.39 is 0 Å². The maximum atomic E-state index is 10.1. The molecule has 1 aromatic carbocycles. The lowest BCUT2D eigenvalue weighted by molar-refractivity contribution is 0.502. The highest BCUT2D eigenvalue weighted by Crippen LogP contribution is 2.25. The molecule has 0 aliphatic rings. The lowest BCUT2D eigenvalue weighted by atomic mass is 9.89. The molecule has 0 saturated heterocycles. The Bertz CT molecular complexity index is 352. The van der Waals surface area contributed by atoms with Gasteiger partial charge in [-0.1, -0.05) is 41.9 Å². The van der Waals surface area contributed by atoms with Crippen LogP contribution in [-0.2, 0) is 4.79 Å². The van der Waals surface area contributed by atoms with Crippen LogP contribution in [0.25, 0.3) is 0 Å². The van der Waals surface area contributed by atoms with Crippen molar-refractivity contribution < 1.29 is 4.79 Å². The largest absolute Gasteiger partial charge is 0.234 e. The fraction of sp³-hybridized carbons (Fsp3) is 0.417. The Kier molecular flexibility index (Phi) is 4.73. The second-order valence-electron chi connectivity index (χ2n) is 3.83. The van der Waals surface area contributed by atoms with Crippen molar-refractivity contribution in [2.45, 2.75) is 19.8 Å². The quantitative estimate of drug-likeness (QED) is 0.606. The summed E-state index contributed by atoms with van der Waals surface area (Å²) in [7, 11) is 0. The first kappa shape index (κ1) is 12.2. The molecule has 0 heterocycles. The van der Waals surface area contributed by atoms with Gasteiger partial charge >= 0.3 is 0 Å². The predicted octanol–water partition coefficient (Wildman–Crippen LogP) is 3.52. The maximum absolute atomic E-state index is 10.1. The van der Waals surface area contributed by atoms with Gasteiger partial charge in [0.05, 0.1) is 6.54 Å². The van der Waals surface area contributed by atoms with E-state index in [1.165, 1.54) is 5.56 Å². The summed E-state index contributed by atoms with van der Waals surface area (Å²) in [5, 5.41) is 0. The molecular formula is C12H14BrNO. The number of benzene rings is 1. The zero-order valence-electron chi connectivity index (χ0n) is 8.90. The van der Waals surface area contributed by atoms with Gasteiger partial charge in [-0.05, 0) is 23.6 Å². The molecule has 0 aliphatic heterocycles. The number of isocyanates is 1. The molecule has 0 fully saturated rings. The molecular weight excluding hydrogens is 254 g/mol. The lowest BCUT2D eigenvalue weighted by Crippen LogP contribution is -2.10. The third-order valence-corrected chi connectivity index (χ3v) is 2.98. The van der Waals surface area contributed by atoms with Crippen molar-refractivity contribution in [3.05, 3.63) is 34.3 Å². The van der Waals surface area contributed by atoms with E-state index in [2.05, 4.69) is 46.9 Å². The number of aliphatic imine (C=N–C) groups is 1. The molecule has 0 amide bonds. The van der Waals surface area contributed by atoms with Gasteiger partial charge in [-0.3, -0.25) is 0 Å². The summed E-state index contributed by atoms with van der Waals surface area (Å²) in [6.45, 7) is 4.78. The molecule has 0 N–H and O–H groups in total. The van der Waals surface area contributed by atoms with E-state index in [1.807, 2.05) is 12.1 Å². The Balaban J connectivity index is 2.88. The van der Waals surface area contributed by atoms with Gasteiger partial charge in [-0.15, -0.1) is 0 Å². The zero-order chi connectivity index (χ0) is 11.3. The molecule has 1 atom stereocenters. The van der Waals surface area contributed by atoms with Crippen LogP contribution in [0, 0.1) is 5.92 Å². The first-order valence-corrected chi connectivity index (χ1v) is 5.73. The first-order valence-electron chi connectivity index (χ1n) is 4.94. The first-order chi connectivity index (χ1) is 7.15. The minimum atomic E-state index is 0.291. The number of nitrogens with zero attached hydrogens (tertiary/aromatic N) is 1. The smallest absolute Gasteiger partial charge is 0.211 e. The van der Waals surface area contributed by atoms with Gasteiger partial charge in [-0.25, -0.2) is 9.79 Å². The van der Waals surface area contributed by atoms with Gasteiger partial charge in [0.2, 0.25) is 6.08 Å².